The summed E-state index contributed by atoms with van der Waals surface area (Å²) in [4.78, 5) is 4.24. The monoisotopic (exact) mass is 320 g/mol. The molecule has 23 heavy (non-hydrogen) atoms. The van der Waals surface area contributed by atoms with Crippen LogP contribution in [0.3, 0.4) is 0 Å². The second kappa shape index (κ2) is 8.99. The molecule has 5 heteroatoms. The first-order valence-corrected chi connectivity index (χ1v) is 8.99. The highest BCUT2D eigenvalue weighted by atomic mass is 16.5. The first-order valence-electron chi connectivity index (χ1n) is 8.99. The fraction of sp³-hybridized carbons (Fsp3) is 0.667. The van der Waals surface area contributed by atoms with Crippen molar-refractivity contribution in [3.8, 4) is 0 Å². The average molecular weight is 320 g/mol. The number of hydrogen-bond donors (Lipinski definition) is 0. The van der Waals surface area contributed by atoms with Crippen LogP contribution in [0.2, 0.25) is 0 Å². The van der Waals surface area contributed by atoms with Crippen molar-refractivity contribution < 1.29 is 13.8 Å². The molecule has 0 aliphatic carbocycles. The van der Waals surface area contributed by atoms with Gasteiger partial charge in [0, 0.05) is 6.42 Å². The Bertz CT molecular complexity index is 509. The van der Waals surface area contributed by atoms with Gasteiger partial charge in [-0.3, -0.25) is 4.48 Å². The van der Waals surface area contributed by atoms with Gasteiger partial charge in [-0.25, -0.2) is 14.1 Å². The molecule has 0 saturated heterocycles. The van der Waals surface area contributed by atoms with E-state index in [9.17, 15) is 0 Å². The Morgan fingerprint density at radius 3 is 2.74 bits per heavy atom. The van der Waals surface area contributed by atoms with Crippen LogP contribution in [0.1, 0.15) is 52.7 Å². The molecule has 0 amide bonds. The molecule has 5 nitrogen and oxygen atoms in total. The summed E-state index contributed by atoms with van der Waals surface area (Å²) in [5.41, 5.74) is 0. The summed E-state index contributed by atoms with van der Waals surface area (Å²) in [5.74, 6) is 0. The molecule has 2 atom stereocenters. The summed E-state index contributed by atoms with van der Waals surface area (Å²) in [6.45, 7) is 10.6. The lowest BCUT2D eigenvalue weighted by Crippen LogP contribution is -2.40. The van der Waals surface area contributed by atoms with Gasteiger partial charge in [-0.15, -0.1) is 0 Å². The highest BCUT2D eigenvalue weighted by Crippen LogP contribution is 2.16. The number of quaternary nitrogens is 1. The molecule has 1 aromatic heterocycles. The van der Waals surface area contributed by atoms with Gasteiger partial charge < -0.3 is 4.74 Å². The molecule has 0 bridgehead atoms. The zero-order valence-corrected chi connectivity index (χ0v) is 14.9. The molecule has 1 aliphatic heterocycles. The van der Waals surface area contributed by atoms with Crippen molar-refractivity contribution in [2.75, 3.05) is 19.7 Å². The molecular weight excluding hydrogens is 288 g/mol. The van der Waals surface area contributed by atoms with E-state index in [0.29, 0.717) is 0 Å². The normalized spacial score (nSPS) is 21.2. The standard InChI is InChI=1S/C18H32N4O/c1-4-9-18(21-12-11-20(5-2)17-21)23-15-8-7-13-22(6-3)14-10-19-16-22/h10-12,14,16-18H,4-9,13,15H2,1-3H3/q+2. The second-order valence-corrected chi connectivity index (χ2v) is 6.22. The van der Waals surface area contributed by atoms with Crippen LogP contribution in [0.4, 0.5) is 0 Å². The number of ether oxygens (including phenoxy) is 1. The van der Waals surface area contributed by atoms with Gasteiger partial charge in [-0.1, -0.05) is 6.92 Å². The number of hydrogen-bond acceptors (Lipinski definition) is 2. The van der Waals surface area contributed by atoms with Gasteiger partial charge in [-0.05, 0) is 33.1 Å². The first-order chi connectivity index (χ1) is 11.2. The van der Waals surface area contributed by atoms with E-state index in [2.05, 4.69) is 59.8 Å². The molecule has 1 aliphatic rings. The predicted octanol–water partition coefficient (Wildman–Crippen LogP) is 3.24. The molecule has 0 aromatic carbocycles. The molecule has 0 fully saturated rings. The van der Waals surface area contributed by atoms with Gasteiger partial charge in [0.2, 0.25) is 12.6 Å². The number of aliphatic imine (C=N–C) groups is 1. The third-order valence-corrected chi connectivity index (χ3v) is 4.56. The maximum absolute atomic E-state index is 6.15. The maximum atomic E-state index is 6.15. The zero-order valence-electron chi connectivity index (χ0n) is 14.9. The minimum atomic E-state index is 0.162. The van der Waals surface area contributed by atoms with Gasteiger partial charge in [-0.2, -0.15) is 0 Å². The van der Waals surface area contributed by atoms with Crippen LogP contribution in [0.5, 0.6) is 0 Å². The molecule has 0 saturated carbocycles. The lowest BCUT2D eigenvalue weighted by Gasteiger charge is -2.25. The third kappa shape index (κ3) is 5.01. The molecule has 128 valence electrons. The van der Waals surface area contributed by atoms with E-state index in [-0.39, 0.29) is 6.23 Å². The Balaban J connectivity index is 1.74. The topological polar surface area (TPSA) is 30.4 Å². The predicted molar refractivity (Wildman–Crippen MR) is 92.7 cm³/mol. The van der Waals surface area contributed by atoms with Gasteiger partial charge in [0.05, 0.1) is 32.4 Å². The SMILES string of the molecule is CCCC(OCCCC[N+]1(CC)C=CN=C1)n1cc[n+](CC)c1. The van der Waals surface area contributed by atoms with Crippen molar-refractivity contribution in [3.63, 3.8) is 0 Å². The summed E-state index contributed by atoms with van der Waals surface area (Å²) in [6, 6.07) is 0. The smallest absolute Gasteiger partial charge is 0.245 e. The van der Waals surface area contributed by atoms with Crippen molar-refractivity contribution in [3.05, 3.63) is 31.1 Å². The quantitative estimate of drug-likeness (QED) is 0.350. The van der Waals surface area contributed by atoms with E-state index in [1.807, 2.05) is 12.5 Å². The lowest BCUT2D eigenvalue weighted by atomic mass is 10.2. The van der Waals surface area contributed by atoms with Crippen molar-refractivity contribution in [1.82, 2.24) is 4.57 Å². The Hall–Kier alpha value is -1.46. The number of rotatable bonds is 11. The molecule has 2 rings (SSSR count). The van der Waals surface area contributed by atoms with E-state index < -0.39 is 0 Å². The van der Waals surface area contributed by atoms with Crippen LogP contribution in [0, 0.1) is 0 Å². The highest BCUT2D eigenvalue weighted by molar-refractivity contribution is 5.50. The fourth-order valence-corrected chi connectivity index (χ4v) is 2.92. The summed E-state index contributed by atoms with van der Waals surface area (Å²) >= 11 is 0. The summed E-state index contributed by atoms with van der Waals surface area (Å²) in [7, 11) is 0. The van der Waals surface area contributed by atoms with Crippen LogP contribution in [-0.4, -0.2) is 35.1 Å². The van der Waals surface area contributed by atoms with Crippen molar-refractivity contribution in [1.29, 1.82) is 0 Å². The van der Waals surface area contributed by atoms with Crippen LogP contribution < -0.4 is 4.57 Å². The average Bonchev–Trinajstić information content (AvgIpc) is 3.23. The minimum Gasteiger partial charge on any atom is -0.339 e. The minimum absolute atomic E-state index is 0.162. The number of aromatic nitrogens is 2. The number of aryl methyl sites for hydroxylation is 1. The molecule has 0 N–H and O–H groups in total. The van der Waals surface area contributed by atoms with Gasteiger partial charge in [0.15, 0.2) is 6.34 Å². The van der Waals surface area contributed by atoms with Crippen LogP contribution in [-0.2, 0) is 11.3 Å². The third-order valence-electron chi connectivity index (χ3n) is 4.56. The largest absolute Gasteiger partial charge is 0.339 e. The van der Waals surface area contributed by atoms with Gasteiger partial charge in [0.1, 0.15) is 18.6 Å². The molecular formula is C18H32N4O+2. The Morgan fingerprint density at radius 2 is 2.13 bits per heavy atom. The number of imidazole rings is 1. The highest BCUT2D eigenvalue weighted by Gasteiger charge is 2.23. The molecule has 0 radical (unpaired) electrons. The van der Waals surface area contributed by atoms with E-state index in [4.69, 9.17) is 4.74 Å². The number of unbranched alkanes of at least 4 members (excludes halogenated alkanes) is 1. The first kappa shape index (κ1) is 17.9. The summed E-state index contributed by atoms with van der Waals surface area (Å²) < 4.78 is 11.4. The zero-order chi connectivity index (χ0) is 16.5. The summed E-state index contributed by atoms with van der Waals surface area (Å²) in [6.07, 6.45) is 17.1. The fourth-order valence-electron chi connectivity index (χ4n) is 2.92. The molecule has 1 aromatic rings. The lowest BCUT2D eigenvalue weighted by molar-refractivity contribution is -0.777. The molecule has 2 heterocycles. The maximum Gasteiger partial charge on any atom is 0.245 e. The Kier molecular flexibility index (Phi) is 6.99. The molecule has 2 unspecified atom stereocenters. The Labute approximate surface area is 140 Å². The van der Waals surface area contributed by atoms with Crippen LogP contribution in [0.25, 0.3) is 0 Å². The van der Waals surface area contributed by atoms with Gasteiger partial charge >= 0.3 is 0 Å². The van der Waals surface area contributed by atoms with E-state index in [1.165, 1.54) is 0 Å². The Morgan fingerprint density at radius 1 is 1.26 bits per heavy atom. The number of nitrogens with zero attached hydrogens (tertiary/aromatic N) is 4. The van der Waals surface area contributed by atoms with E-state index in [0.717, 1.165) is 56.4 Å². The van der Waals surface area contributed by atoms with E-state index >= 15 is 0 Å². The van der Waals surface area contributed by atoms with Gasteiger partial charge in [0.25, 0.3) is 0 Å². The van der Waals surface area contributed by atoms with Crippen molar-refractivity contribution in [2.24, 2.45) is 4.99 Å². The van der Waals surface area contributed by atoms with E-state index in [1.54, 1.807) is 0 Å². The van der Waals surface area contributed by atoms with Crippen molar-refractivity contribution >= 4 is 6.34 Å². The summed E-state index contributed by atoms with van der Waals surface area (Å²) in [5, 5.41) is 0. The van der Waals surface area contributed by atoms with Crippen LogP contribution >= 0.6 is 0 Å². The second-order valence-electron chi connectivity index (χ2n) is 6.22. The van der Waals surface area contributed by atoms with Crippen LogP contribution in [0.15, 0.2) is 36.1 Å². The van der Waals surface area contributed by atoms with Crippen molar-refractivity contribution in [2.45, 2.75) is 59.2 Å². The molecule has 0 spiro atoms.